The average Bonchev–Trinajstić information content (AvgIpc) is 2.76. The van der Waals surface area contributed by atoms with Crippen LogP contribution in [-0.2, 0) is 22.5 Å². The van der Waals surface area contributed by atoms with Crippen LogP contribution in [0.2, 0.25) is 0 Å². The predicted octanol–water partition coefficient (Wildman–Crippen LogP) is 1.66. The molecule has 1 aromatic rings. The zero-order valence-electron chi connectivity index (χ0n) is 13.5. The Kier molecular flexibility index (Phi) is 4.52. The van der Waals surface area contributed by atoms with Crippen molar-refractivity contribution in [3.05, 3.63) is 29.3 Å². The van der Waals surface area contributed by atoms with Gasteiger partial charge in [-0.1, -0.05) is 6.07 Å². The molecular weight excluding hydrogens is 294 g/mol. The van der Waals surface area contributed by atoms with Gasteiger partial charge in [0, 0.05) is 25.3 Å². The Labute approximate surface area is 136 Å². The van der Waals surface area contributed by atoms with Crippen LogP contribution in [0.1, 0.15) is 30.9 Å². The summed E-state index contributed by atoms with van der Waals surface area (Å²) in [4.78, 5) is 27.6. The van der Waals surface area contributed by atoms with Crippen LogP contribution in [0.5, 0.6) is 0 Å². The molecule has 0 saturated carbocycles. The van der Waals surface area contributed by atoms with Crippen LogP contribution in [0.3, 0.4) is 0 Å². The third-order valence-corrected chi connectivity index (χ3v) is 4.51. The lowest BCUT2D eigenvalue weighted by molar-refractivity contribution is -0.118. The zero-order chi connectivity index (χ0) is 16.4. The second-order valence-corrected chi connectivity index (χ2v) is 6.06. The molecule has 0 unspecified atom stereocenters. The summed E-state index contributed by atoms with van der Waals surface area (Å²) in [7, 11) is 0. The molecule has 0 aromatic heterocycles. The van der Waals surface area contributed by atoms with Crippen LogP contribution < -0.4 is 10.6 Å². The number of benzene rings is 1. The van der Waals surface area contributed by atoms with Crippen molar-refractivity contribution in [1.82, 2.24) is 4.90 Å². The van der Waals surface area contributed by atoms with Crippen molar-refractivity contribution >= 4 is 17.7 Å². The lowest BCUT2D eigenvalue weighted by Crippen LogP contribution is -2.34. The second-order valence-electron chi connectivity index (χ2n) is 6.06. The minimum Gasteiger partial charge on any atom is -0.450 e. The van der Waals surface area contributed by atoms with E-state index >= 15 is 0 Å². The summed E-state index contributed by atoms with van der Waals surface area (Å²) in [6.45, 7) is 4.05. The maximum absolute atomic E-state index is 12.1. The minimum atomic E-state index is -0.398. The number of aryl methyl sites for hydroxylation is 1. The van der Waals surface area contributed by atoms with Gasteiger partial charge in [-0.2, -0.15) is 0 Å². The molecule has 2 aliphatic heterocycles. The molecule has 23 heavy (non-hydrogen) atoms. The third kappa shape index (κ3) is 3.17. The van der Waals surface area contributed by atoms with Gasteiger partial charge in [-0.05, 0) is 49.4 Å². The van der Waals surface area contributed by atoms with Crippen LogP contribution in [0.15, 0.2) is 18.2 Å². The third-order valence-electron chi connectivity index (χ3n) is 4.51. The molecule has 2 heterocycles. The predicted molar refractivity (Wildman–Crippen MR) is 87.1 cm³/mol. The average molecular weight is 317 g/mol. The number of rotatable bonds is 2. The topological polar surface area (TPSA) is 75.9 Å². The first-order valence-corrected chi connectivity index (χ1v) is 8.20. The maximum atomic E-state index is 12.1. The second kappa shape index (κ2) is 6.58. The molecule has 2 aliphatic rings. The normalized spacial score (nSPS) is 21.1. The highest BCUT2D eigenvalue weighted by atomic mass is 16.6. The molecule has 1 saturated heterocycles. The number of carbonyl (C=O) groups excluding carboxylic acids is 2. The Bertz CT molecular complexity index is 617. The van der Waals surface area contributed by atoms with Crippen molar-refractivity contribution in [2.45, 2.75) is 38.8 Å². The first kappa shape index (κ1) is 15.8. The molecule has 1 aromatic carbocycles. The lowest BCUT2D eigenvalue weighted by Gasteiger charge is -2.21. The van der Waals surface area contributed by atoms with Crippen molar-refractivity contribution in [3.8, 4) is 0 Å². The van der Waals surface area contributed by atoms with Crippen molar-refractivity contribution in [1.29, 1.82) is 0 Å². The summed E-state index contributed by atoms with van der Waals surface area (Å²) in [5.74, 6) is -0.0270. The minimum absolute atomic E-state index is 0.0270. The SMILES string of the molecule is CCOC(=O)N1CCCc2ccc(N3CC[C@H](N)C3=O)cc2C1. The van der Waals surface area contributed by atoms with Crippen molar-refractivity contribution in [2.75, 3.05) is 24.6 Å². The highest BCUT2D eigenvalue weighted by Crippen LogP contribution is 2.27. The van der Waals surface area contributed by atoms with Gasteiger partial charge in [-0.15, -0.1) is 0 Å². The monoisotopic (exact) mass is 317 g/mol. The highest BCUT2D eigenvalue weighted by Gasteiger charge is 2.30. The van der Waals surface area contributed by atoms with Crippen LogP contribution >= 0.6 is 0 Å². The van der Waals surface area contributed by atoms with Gasteiger partial charge < -0.3 is 20.3 Å². The van der Waals surface area contributed by atoms with E-state index in [2.05, 4.69) is 6.07 Å². The summed E-state index contributed by atoms with van der Waals surface area (Å²) in [5.41, 5.74) is 8.99. The summed E-state index contributed by atoms with van der Waals surface area (Å²) in [6, 6.07) is 5.67. The standard InChI is InChI=1S/C17H23N3O3/c1-2-23-17(22)19-8-3-4-12-5-6-14(10-13(12)11-19)20-9-7-15(18)16(20)21/h5-6,10,15H,2-4,7-9,11,18H2,1H3/t15-/m0/s1. The Morgan fingerprint density at radius 1 is 1.35 bits per heavy atom. The molecule has 0 spiro atoms. The van der Waals surface area contributed by atoms with E-state index < -0.39 is 6.04 Å². The van der Waals surface area contributed by atoms with E-state index in [0.717, 1.165) is 24.1 Å². The Morgan fingerprint density at radius 2 is 2.17 bits per heavy atom. The van der Waals surface area contributed by atoms with E-state index in [1.54, 1.807) is 9.80 Å². The first-order chi connectivity index (χ1) is 11.1. The summed E-state index contributed by atoms with van der Waals surface area (Å²) in [5, 5.41) is 0. The van der Waals surface area contributed by atoms with Gasteiger partial charge in [-0.25, -0.2) is 4.79 Å². The van der Waals surface area contributed by atoms with E-state index in [1.807, 2.05) is 19.1 Å². The van der Waals surface area contributed by atoms with Crippen LogP contribution in [0.4, 0.5) is 10.5 Å². The molecule has 1 atom stereocenters. The molecule has 0 aliphatic carbocycles. The number of anilines is 1. The van der Waals surface area contributed by atoms with Gasteiger partial charge in [0.1, 0.15) is 0 Å². The number of nitrogens with zero attached hydrogens (tertiary/aromatic N) is 2. The molecule has 6 heteroatoms. The van der Waals surface area contributed by atoms with Gasteiger partial charge >= 0.3 is 6.09 Å². The zero-order valence-corrected chi connectivity index (χ0v) is 13.5. The number of nitrogens with two attached hydrogens (primary N) is 1. The number of hydrogen-bond donors (Lipinski definition) is 1. The molecule has 2 N–H and O–H groups in total. The van der Waals surface area contributed by atoms with E-state index in [1.165, 1.54) is 5.56 Å². The number of hydrogen-bond acceptors (Lipinski definition) is 4. The smallest absolute Gasteiger partial charge is 0.410 e. The van der Waals surface area contributed by atoms with Crippen LogP contribution in [0.25, 0.3) is 0 Å². The van der Waals surface area contributed by atoms with Crippen LogP contribution in [-0.4, -0.2) is 42.6 Å². The van der Waals surface area contributed by atoms with E-state index in [9.17, 15) is 9.59 Å². The number of amides is 2. The Morgan fingerprint density at radius 3 is 2.87 bits per heavy atom. The Balaban J connectivity index is 1.84. The van der Waals surface area contributed by atoms with E-state index in [0.29, 0.717) is 32.7 Å². The summed E-state index contributed by atoms with van der Waals surface area (Å²) >= 11 is 0. The van der Waals surface area contributed by atoms with E-state index in [-0.39, 0.29) is 12.0 Å². The molecule has 124 valence electrons. The highest BCUT2D eigenvalue weighted by molar-refractivity contribution is 5.99. The fourth-order valence-electron chi connectivity index (χ4n) is 3.25. The van der Waals surface area contributed by atoms with E-state index in [4.69, 9.17) is 10.5 Å². The van der Waals surface area contributed by atoms with Crippen LogP contribution in [0, 0.1) is 0 Å². The van der Waals surface area contributed by atoms with Gasteiger partial charge in [-0.3, -0.25) is 4.79 Å². The largest absolute Gasteiger partial charge is 0.450 e. The van der Waals surface area contributed by atoms with Crippen molar-refractivity contribution in [3.63, 3.8) is 0 Å². The number of fused-ring (bicyclic) bond motifs is 1. The quantitative estimate of drug-likeness (QED) is 0.900. The fraction of sp³-hybridized carbons (Fsp3) is 0.529. The molecule has 1 fully saturated rings. The number of ether oxygens (including phenoxy) is 1. The molecule has 6 nitrogen and oxygen atoms in total. The maximum Gasteiger partial charge on any atom is 0.410 e. The molecular formula is C17H23N3O3. The Hall–Kier alpha value is -2.08. The van der Waals surface area contributed by atoms with Gasteiger partial charge in [0.15, 0.2) is 0 Å². The van der Waals surface area contributed by atoms with Gasteiger partial charge in [0.2, 0.25) is 5.91 Å². The van der Waals surface area contributed by atoms with Gasteiger partial charge in [0.05, 0.1) is 12.6 Å². The lowest BCUT2D eigenvalue weighted by atomic mass is 10.0. The van der Waals surface area contributed by atoms with Crippen molar-refractivity contribution in [2.24, 2.45) is 5.73 Å². The first-order valence-electron chi connectivity index (χ1n) is 8.20. The summed E-state index contributed by atoms with van der Waals surface area (Å²) < 4.78 is 5.12. The molecule has 3 rings (SSSR count). The molecule has 0 bridgehead atoms. The molecule has 0 radical (unpaired) electrons. The molecule has 2 amide bonds. The fourth-order valence-corrected chi connectivity index (χ4v) is 3.25. The summed E-state index contributed by atoms with van der Waals surface area (Å²) in [6.07, 6.45) is 2.26. The number of carbonyl (C=O) groups is 2. The van der Waals surface area contributed by atoms with Crippen molar-refractivity contribution < 1.29 is 14.3 Å². The van der Waals surface area contributed by atoms with Gasteiger partial charge in [0.25, 0.3) is 0 Å².